The molecule has 0 atom stereocenters. The van der Waals surface area contributed by atoms with Crippen LogP contribution in [0.15, 0.2) is 48.5 Å². The van der Waals surface area contributed by atoms with E-state index < -0.39 is 11.9 Å². The first-order chi connectivity index (χ1) is 16.1. The van der Waals surface area contributed by atoms with Crippen molar-refractivity contribution in [2.45, 2.75) is 71.1 Å². The van der Waals surface area contributed by atoms with Crippen LogP contribution in [0.25, 0.3) is 12.2 Å². The van der Waals surface area contributed by atoms with Gasteiger partial charge in [0.1, 0.15) is 5.75 Å². The quantitative estimate of drug-likeness (QED) is 0.171. The van der Waals surface area contributed by atoms with Crippen molar-refractivity contribution in [3.05, 3.63) is 59.7 Å². The van der Waals surface area contributed by atoms with Crippen LogP contribution in [0.2, 0.25) is 0 Å². The van der Waals surface area contributed by atoms with E-state index in [1.165, 1.54) is 57.8 Å². The Labute approximate surface area is 197 Å². The van der Waals surface area contributed by atoms with E-state index in [2.05, 4.69) is 12.2 Å². The van der Waals surface area contributed by atoms with E-state index in [4.69, 9.17) is 9.84 Å². The number of benzene rings is 2. The first kappa shape index (κ1) is 26.2. The number of carboxylic acid groups (broad SMARTS) is 1. The van der Waals surface area contributed by atoms with Gasteiger partial charge in [-0.1, -0.05) is 101 Å². The summed E-state index contributed by atoms with van der Waals surface area (Å²) in [4.78, 5) is 21.8. The lowest BCUT2D eigenvalue weighted by Gasteiger charge is -2.07. The van der Waals surface area contributed by atoms with Gasteiger partial charge in [0, 0.05) is 5.69 Å². The molecule has 178 valence electrons. The van der Waals surface area contributed by atoms with Crippen LogP contribution in [-0.4, -0.2) is 23.6 Å². The number of ether oxygens (including phenoxy) is 1. The number of carboxylic acids is 1. The number of rotatable bonds is 15. The normalized spacial score (nSPS) is 10.9. The molecular formula is C28H37NO4. The van der Waals surface area contributed by atoms with E-state index in [1.54, 1.807) is 12.1 Å². The zero-order chi connectivity index (χ0) is 23.7. The zero-order valence-electron chi connectivity index (χ0n) is 19.7. The van der Waals surface area contributed by atoms with Crippen molar-refractivity contribution in [3.63, 3.8) is 0 Å². The topological polar surface area (TPSA) is 75.6 Å². The Morgan fingerprint density at radius 3 is 1.76 bits per heavy atom. The summed E-state index contributed by atoms with van der Waals surface area (Å²) < 4.78 is 5.86. The summed E-state index contributed by atoms with van der Waals surface area (Å²) >= 11 is 0. The first-order valence-electron chi connectivity index (χ1n) is 12.1. The Hall–Kier alpha value is -3.08. The molecular weight excluding hydrogens is 414 g/mol. The molecule has 0 spiro atoms. The van der Waals surface area contributed by atoms with Gasteiger partial charge in [0.2, 0.25) is 0 Å². The number of carbonyl (C=O) groups is 2. The summed E-state index contributed by atoms with van der Waals surface area (Å²) in [7, 11) is 0. The van der Waals surface area contributed by atoms with Crippen LogP contribution >= 0.6 is 0 Å². The number of carbonyl (C=O) groups excluding carboxylic acids is 1. The van der Waals surface area contributed by atoms with Crippen molar-refractivity contribution < 1.29 is 19.4 Å². The molecule has 0 heterocycles. The van der Waals surface area contributed by atoms with Gasteiger partial charge in [0.05, 0.1) is 6.61 Å². The molecule has 0 aliphatic carbocycles. The Morgan fingerprint density at radius 1 is 0.758 bits per heavy atom. The fourth-order valence-electron chi connectivity index (χ4n) is 3.51. The van der Waals surface area contributed by atoms with Gasteiger partial charge < -0.3 is 15.2 Å². The average molecular weight is 452 g/mol. The van der Waals surface area contributed by atoms with Gasteiger partial charge in [-0.25, -0.2) is 4.79 Å². The van der Waals surface area contributed by atoms with Crippen LogP contribution in [0.5, 0.6) is 5.75 Å². The molecule has 0 fully saturated rings. The highest BCUT2D eigenvalue weighted by molar-refractivity contribution is 6.36. The summed E-state index contributed by atoms with van der Waals surface area (Å²) in [6.07, 6.45) is 17.1. The minimum atomic E-state index is -1.50. The average Bonchev–Trinajstić information content (AvgIpc) is 2.82. The number of hydrogen-bond acceptors (Lipinski definition) is 3. The number of anilines is 1. The second kappa shape index (κ2) is 15.7. The fraction of sp³-hybridized carbons (Fsp3) is 0.429. The molecule has 0 radical (unpaired) electrons. The molecule has 0 aliphatic rings. The highest BCUT2D eigenvalue weighted by atomic mass is 16.5. The molecule has 1 amide bonds. The molecule has 0 saturated carbocycles. The van der Waals surface area contributed by atoms with E-state index in [1.807, 2.05) is 48.6 Å². The molecule has 0 unspecified atom stereocenters. The number of hydrogen-bond donors (Lipinski definition) is 2. The third-order valence-electron chi connectivity index (χ3n) is 5.48. The number of aliphatic carboxylic acids is 1. The third kappa shape index (κ3) is 11.4. The van der Waals surface area contributed by atoms with Crippen molar-refractivity contribution in [1.82, 2.24) is 0 Å². The van der Waals surface area contributed by atoms with Crippen LogP contribution in [-0.2, 0) is 9.59 Å². The van der Waals surface area contributed by atoms with Crippen LogP contribution in [0, 0.1) is 0 Å². The molecule has 0 saturated heterocycles. The molecule has 2 N–H and O–H groups in total. The monoisotopic (exact) mass is 451 g/mol. The van der Waals surface area contributed by atoms with E-state index in [9.17, 15) is 9.59 Å². The van der Waals surface area contributed by atoms with Crippen molar-refractivity contribution in [2.75, 3.05) is 11.9 Å². The van der Waals surface area contributed by atoms with Gasteiger partial charge in [-0.05, 0) is 41.8 Å². The Balaban J connectivity index is 1.62. The first-order valence-corrected chi connectivity index (χ1v) is 12.1. The third-order valence-corrected chi connectivity index (χ3v) is 5.48. The minimum Gasteiger partial charge on any atom is -0.494 e. The van der Waals surface area contributed by atoms with Crippen molar-refractivity contribution in [1.29, 1.82) is 0 Å². The summed E-state index contributed by atoms with van der Waals surface area (Å²) in [5, 5.41) is 10.9. The van der Waals surface area contributed by atoms with Crippen LogP contribution in [0.1, 0.15) is 82.3 Å². The van der Waals surface area contributed by atoms with E-state index in [0.29, 0.717) is 5.69 Å². The van der Waals surface area contributed by atoms with Crippen molar-refractivity contribution in [3.8, 4) is 5.75 Å². The summed E-state index contributed by atoms with van der Waals surface area (Å²) in [5.41, 5.74) is 2.46. The summed E-state index contributed by atoms with van der Waals surface area (Å²) in [6.45, 7) is 3.02. The van der Waals surface area contributed by atoms with Crippen molar-refractivity contribution in [2.24, 2.45) is 0 Å². The fourth-order valence-corrected chi connectivity index (χ4v) is 3.51. The zero-order valence-corrected chi connectivity index (χ0v) is 19.7. The Morgan fingerprint density at radius 2 is 1.24 bits per heavy atom. The largest absolute Gasteiger partial charge is 0.494 e. The van der Waals surface area contributed by atoms with Crippen LogP contribution < -0.4 is 10.1 Å². The lowest BCUT2D eigenvalue weighted by atomic mass is 10.1. The molecule has 2 aromatic carbocycles. The lowest BCUT2D eigenvalue weighted by Crippen LogP contribution is -2.21. The Kier molecular flexibility index (Phi) is 12.4. The maximum Gasteiger partial charge on any atom is 0.394 e. The molecule has 0 bridgehead atoms. The molecule has 33 heavy (non-hydrogen) atoms. The molecule has 5 heteroatoms. The smallest absolute Gasteiger partial charge is 0.394 e. The highest BCUT2D eigenvalue weighted by Crippen LogP contribution is 2.17. The SMILES string of the molecule is CCCCCCCCCCCCOc1ccc(/C=C/c2ccc(NC(=O)C(=O)O)cc2)cc1. The van der Waals surface area contributed by atoms with E-state index in [0.717, 1.165) is 29.9 Å². The van der Waals surface area contributed by atoms with Gasteiger partial charge in [0.15, 0.2) is 0 Å². The minimum absolute atomic E-state index is 0.448. The standard InChI is InChI=1S/C28H37NO4/c1-2-3-4-5-6-7-8-9-10-11-22-33-26-20-16-24(17-21-26)13-12-23-14-18-25(19-15-23)29-27(30)28(31)32/h12-21H,2-11,22H2,1H3,(H,29,30)(H,31,32)/b13-12+. The predicted octanol–water partition coefficient (Wildman–Crippen LogP) is 7.18. The number of unbranched alkanes of at least 4 members (excludes halogenated alkanes) is 9. The maximum absolute atomic E-state index is 11.2. The van der Waals surface area contributed by atoms with Crippen LogP contribution in [0.4, 0.5) is 5.69 Å². The molecule has 0 aromatic heterocycles. The maximum atomic E-state index is 11.2. The lowest BCUT2D eigenvalue weighted by molar-refractivity contribution is -0.147. The molecule has 0 aliphatic heterocycles. The number of amides is 1. The van der Waals surface area contributed by atoms with Gasteiger partial charge in [-0.15, -0.1) is 0 Å². The van der Waals surface area contributed by atoms with Crippen molar-refractivity contribution >= 4 is 29.7 Å². The molecule has 5 nitrogen and oxygen atoms in total. The highest BCUT2D eigenvalue weighted by Gasteiger charge is 2.10. The summed E-state index contributed by atoms with van der Waals surface area (Å²) in [6, 6.07) is 15.0. The van der Waals surface area contributed by atoms with Gasteiger partial charge in [0.25, 0.3) is 0 Å². The van der Waals surface area contributed by atoms with Gasteiger partial charge in [-0.2, -0.15) is 0 Å². The second-order valence-corrected chi connectivity index (χ2v) is 8.31. The predicted molar refractivity (Wildman–Crippen MR) is 135 cm³/mol. The van der Waals surface area contributed by atoms with Gasteiger partial charge >= 0.3 is 11.9 Å². The number of nitrogens with one attached hydrogen (secondary N) is 1. The second-order valence-electron chi connectivity index (χ2n) is 8.31. The molecule has 2 rings (SSSR count). The van der Waals surface area contributed by atoms with E-state index >= 15 is 0 Å². The van der Waals surface area contributed by atoms with E-state index in [-0.39, 0.29) is 0 Å². The Bertz CT molecular complexity index is 856. The molecule has 2 aromatic rings. The van der Waals surface area contributed by atoms with Crippen LogP contribution in [0.3, 0.4) is 0 Å². The summed E-state index contributed by atoms with van der Waals surface area (Å²) in [5.74, 6) is -1.66. The van der Waals surface area contributed by atoms with Gasteiger partial charge in [-0.3, -0.25) is 4.79 Å².